The van der Waals surface area contributed by atoms with Gasteiger partial charge in [-0.3, -0.25) is 4.79 Å². The van der Waals surface area contributed by atoms with Gasteiger partial charge in [-0.1, -0.05) is 40.2 Å². The number of primary amides is 1. The maximum atomic E-state index is 11.3. The lowest BCUT2D eigenvalue weighted by Gasteiger charge is -2.09. The summed E-state index contributed by atoms with van der Waals surface area (Å²) in [5.41, 5.74) is 7.77. The lowest BCUT2D eigenvalue weighted by molar-refractivity contribution is 0.0999. The maximum absolute atomic E-state index is 11.3. The van der Waals surface area contributed by atoms with Gasteiger partial charge in [0.25, 0.3) is 0 Å². The van der Waals surface area contributed by atoms with Crippen LogP contribution in [0.3, 0.4) is 0 Å². The van der Waals surface area contributed by atoms with E-state index in [0.717, 1.165) is 15.7 Å². The van der Waals surface area contributed by atoms with Crippen LogP contribution >= 0.6 is 15.9 Å². The predicted octanol–water partition coefficient (Wildman–Crippen LogP) is 3.16. The second-order valence-corrected chi connectivity index (χ2v) is 4.80. The standard InChI is InChI=1S/C14H13BrN2O/c15-11-5-3-6-12(8-11)17-9-10-4-1-2-7-13(10)14(16)18/h1-8,17H,9H2,(H2,16,18). The van der Waals surface area contributed by atoms with Crippen molar-refractivity contribution in [3.8, 4) is 0 Å². The average molecular weight is 305 g/mol. The monoisotopic (exact) mass is 304 g/mol. The zero-order valence-corrected chi connectivity index (χ0v) is 11.3. The van der Waals surface area contributed by atoms with Crippen LogP contribution < -0.4 is 11.1 Å². The van der Waals surface area contributed by atoms with E-state index in [1.807, 2.05) is 42.5 Å². The number of amides is 1. The number of nitrogens with two attached hydrogens (primary N) is 1. The molecule has 2 aromatic carbocycles. The van der Waals surface area contributed by atoms with Crippen molar-refractivity contribution in [1.82, 2.24) is 0 Å². The van der Waals surface area contributed by atoms with Crippen LogP contribution in [0.4, 0.5) is 5.69 Å². The highest BCUT2D eigenvalue weighted by molar-refractivity contribution is 9.10. The number of rotatable bonds is 4. The third kappa shape index (κ3) is 3.11. The molecule has 3 nitrogen and oxygen atoms in total. The van der Waals surface area contributed by atoms with Crippen LogP contribution in [-0.2, 0) is 6.54 Å². The van der Waals surface area contributed by atoms with Crippen molar-refractivity contribution in [2.45, 2.75) is 6.54 Å². The van der Waals surface area contributed by atoms with Crippen molar-refractivity contribution < 1.29 is 4.79 Å². The molecule has 3 N–H and O–H groups in total. The van der Waals surface area contributed by atoms with E-state index in [2.05, 4.69) is 21.2 Å². The Morgan fingerprint density at radius 3 is 2.67 bits per heavy atom. The molecule has 4 heteroatoms. The van der Waals surface area contributed by atoms with Crippen LogP contribution in [0.15, 0.2) is 53.0 Å². The molecular weight excluding hydrogens is 292 g/mol. The highest BCUT2D eigenvalue weighted by Crippen LogP contribution is 2.17. The lowest BCUT2D eigenvalue weighted by Crippen LogP contribution is -2.15. The van der Waals surface area contributed by atoms with Gasteiger partial charge in [0.05, 0.1) is 0 Å². The summed E-state index contributed by atoms with van der Waals surface area (Å²) in [5, 5.41) is 3.26. The summed E-state index contributed by atoms with van der Waals surface area (Å²) in [7, 11) is 0. The molecule has 0 aromatic heterocycles. The molecule has 0 bridgehead atoms. The number of nitrogens with one attached hydrogen (secondary N) is 1. The first-order chi connectivity index (χ1) is 8.66. The predicted molar refractivity (Wildman–Crippen MR) is 76.4 cm³/mol. The van der Waals surface area contributed by atoms with Gasteiger partial charge >= 0.3 is 0 Å². The van der Waals surface area contributed by atoms with Gasteiger partial charge in [0.15, 0.2) is 0 Å². The average Bonchev–Trinajstić information content (AvgIpc) is 2.37. The van der Waals surface area contributed by atoms with Gasteiger partial charge in [-0.2, -0.15) is 0 Å². The first-order valence-corrected chi connectivity index (χ1v) is 6.33. The zero-order valence-electron chi connectivity index (χ0n) is 9.69. The van der Waals surface area contributed by atoms with E-state index in [9.17, 15) is 4.79 Å². The maximum Gasteiger partial charge on any atom is 0.249 e. The fraction of sp³-hybridized carbons (Fsp3) is 0.0714. The van der Waals surface area contributed by atoms with E-state index >= 15 is 0 Å². The Morgan fingerprint density at radius 2 is 1.94 bits per heavy atom. The molecule has 0 aliphatic rings. The van der Waals surface area contributed by atoms with Gasteiger partial charge < -0.3 is 11.1 Å². The van der Waals surface area contributed by atoms with Crippen molar-refractivity contribution in [3.05, 3.63) is 64.1 Å². The van der Waals surface area contributed by atoms with Crippen molar-refractivity contribution in [3.63, 3.8) is 0 Å². The molecule has 0 saturated heterocycles. The van der Waals surface area contributed by atoms with Crippen LogP contribution in [0, 0.1) is 0 Å². The number of hydrogen-bond acceptors (Lipinski definition) is 2. The summed E-state index contributed by atoms with van der Waals surface area (Å²) >= 11 is 3.41. The third-order valence-electron chi connectivity index (χ3n) is 2.59. The molecule has 2 rings (SSSR count). The molecule has 0 aliphatic carbocycles. The summed E-state index contributed by atoms with van der Waals surface area (Å²) in [6, 6.07) is 15.2. The zero-order chi connectivity index (χ0) is 13.0. The Morgan fingerprint density at radius 1 is 1.17 bits per heavy atom. The Labute approximate surface area is 114 Å². The normalized spacial score (nSPS) is 10.1. The van der Waals surface area contributed by atoms with E-state index in [4.69, 9.17) is 5.73 Å². The van der Waals surface area contributed by atoms with E-state index in [1.165, 1.54) is 0 Å². The minimum atomic E-state index is -0.401. The molecule has 92 valence electrons. The Balaban J connectivity index is 2.13. The minimum Gasteiger partial charge on any atom is -0.381 e. The molecule has 2 aromatic rings. The summed E-state index contributed by atoms with van der Waals surface area (Å²) in [5.74, 6) is -0.401. The topological polar surface area (TPSA) is 55.1 Å². The SMILES string of the molecule is NC(=O)c1ccccc1CNc1cccc(Br)c1. The lowest BCUT2D eigenvalue weighted by atomic mass is 10.1. The summed E-state index contributed by atoms with van der Waals surface area (Å²) in [6.07, 6.45) is 0. The van der Waals surface area contributed by atoms with Crippen LogP contribution in [0.2, 0.25) is 0 Å². The summed E-state index contributed by atoms with van der Waals surface area (Å²) < 4.78 is 1.01. The Hall–Kier alpha value is -1.81. The largest absolute Gasteiger partial charge is 0.381 e. The van der Waals surface area contributed by atoms with Crippen LogP contribution in [-0.4, -0.2) is 5.91 Å². The van der Waals surface area contributed by atoms with Gasteiger partial charge in [-0.15, -0.1) is 0 Å². The first-order valence-electron chi connectivity index (χ1n) is 5.54. The third-order valence-corrected chi connectivity index (χ3v) is 3.08. The first kappa shape index (κ1) is 12.6. The fourth-order valence-electron chi connectivity index (χ4n) is 1.71. The molecule has 0 unspecified atom stereocenters. The van der Waals surface area contributed by atoms with Crippen molar-refractivity contribution >= 4 is 27.5 Å². The minimum absolute atomic E-state index is 0.401. The van der Waals surface area contributed by atoms with E-state index in [1.54, 1.807) is 6.07 Å². The second-order valence-electron chi connectivity index (χ2n) is 3.89. The molecule has 0 fully saturated rings. The summed E-state index contributed by atoms with van der Waals surface area (Å²) in [6.45, 7) is 0.565. The molecule has 0 saturated carbocycles. The molecule has 0 radical (unpaired) electrons. The van der Waals surface area contributed by atoms with Crippen molar-refractivity contribution in [2.75, 3.05) is 5.32 Å². The second kappa shape index (κ2) is 5.69. The molecule has 0 heterocycles. The van der Waals surface area contributed by atoms with Gasteiger partial charge in [-0.05, 0) is 29.8 Å². The number of carbonyl (C=O) groups is 1. The molecular formula is C14H13BrN2O. The van der Waals surface area contributed by atoms with E-state index < -0.39 is 5.91 Å². The fourth-order valence-corrected chi connectivity index (χ4v) is 2.11. The number of anilines is 1. The van der Waals surface area contributed by atoms with Crippen molar-refractivity contribution in [1.29, 1.82) is 0 Å². The molecule has 0 atom stereocenters. The summed E-state index contributed by atoms with van der Waals surface area (Å²) in [4.78, 5) is 11.3. The number of benzene rings is 2. The molecule has 0 spiro atoms. The van der Waals surface area contributed by atoms with Crippen molar-refractivity contribution in [2.24, 2.45) is 5.73 Å². The Kier molecular flexibility index (Phi) is 3.99. The molecule has 1 amide bonds. The highest BCUT2D eigenvalue weighted by Gasteiger charge is 2.06. The number of halogens is 1. The van der Waals surface area contributed by atoms with Gasteiger partial charge in [0, 0.05) is 22.3 Å². The van der Waals surface area contributed by atoms with Gasteiger partial charge in [0.2, 0.25) is 5.91 Å². The van der Waals surface area contributed by atoms with Gasteiger partial charge in [0.1, 0.15) is 0 Å². The highest BCUT2D eigenvalue weighted by atomic mass is 79.9. The van der Waals surface area contributed by atoms with E-state index in [0.29, 0.717) is 12.1 Å². The quantitative estimate of drug-likeness (QED) is 0.911. The van der Waals surface area contributed by atoms with Crippen LogP contribution in [0.5, 0.6) is 0 Å². The van der Waals surface area contributed by atoms with Gasteiger partial charge in [-0.25, -0.2) is 0 Å². The van der Waals surface area contributed by atoms with Crippen LogP contribution in [0.1, 0.15) is 15.9 Å². The molecule has 0 aliphatic heterocycles. The Bertz CT molecular complexity index is 569. The smallest absolute Gasteiger partial charge is 0.249 e. The number of hydrogen-bond donors (Lipinski definition) is 2. The number of carbonyl (C=O) groups excluding carboxylic acids is 1. The van der Waals surface area contributed by atoms with Crippen LogP contribution in [0.25, 0.3) is 0 Å². The molecule has 18 heavy (non-hydrogen) atoms. The van der Waals surface area contributed by atoms with E-state index in [-0.39, 0.29) is 0 Å².